The van der Waals surface area contributed by atoms with Gasteiger partial charge in [-0.3, -0.25) is 9.59 Å². The molecule has 0 bridgehead atoms. The standard InChI is InChI=1S/C28H37NO6S/c1-19(2)25(29-36(32,33)27-21(4)16-20(3)17-22(27)5)14-12-24(28(31)34-6)13-15-26(30)35-18-23-10-8-7-9-11-23/h7-12,14,16-17,19,24-25,29H,13,15,18H2,1-6H3/b14-12+/t24-,25+/m0/s1. The van der Waals surface area contributed by atoms with Gasteiger partial charge < -0.3 is 9.47 Å². The number of carbonyl (C=O) groups excluding carboxylic acids is 2. The molecule has 196 valence electrons. The van der Waals surface area contributed by atoms with Crippen molar-refractivity contribution in [1.29, 1.82) is 0 Å². The van der Waals surface area contributed by atoms with E-state index in [1.807, 2.05) is 63.2 Å². The van der Waals surface area contributed by atoms with Gasteiger partial charge in [0.2, 0.25) is 10.0 Å². The van der Waals surface area contributed by atoms with Crippen LogP contribution < -0.4 is 4.72 Å². The van der Waals surface area contributed by atoms with Gasteiger partial charge in [-0.25, -0.2) is 13.1 Å². The third-order valence-corrected chi connectivity index (χ3v) is 7.60. The largest absolute Gasteiger partial charge is 0.469 e. The van der Waals surface area contributed by atoms with Gasteiger partial charge in [-0.15, -0.1) is 0 Å². The van der Waals surface area contributed by atoms with Crippen LogP contribution in [0.15, 0.2) is 59.5 Å². The Bertz CT molecular complexity index is 1150. The smallest absolute Gasteiger partial charge is 0.312 e. The van der Waals surface area contributed by atoms with E-state index in [0.717, 1.165) is 11.1 Å². The maximum Gasteiger partial charge on any atom is 0.312 e. The average molecular weight is 516 g/mol. The van der Waals surface area contributed by atoms with Gasteiger partial charge in [-0.1, -0.05) is 74.0 Å². The molecule has 0 saturated heterocycles. The second-order valence-electron chi connectivity index (χ2n) is 9.32. The summed E-state index contributed by atoms with van der Waals surface area (Å²) < 4.78 is 39.4. The Balaban J connectivity index is 2.11. The lowest BCUT2D eigenvalue weighted by molar-refractivity contribution is -0.147. The zero-order valence-electron chi connectivity index (χ0n) is 21.9. The fraction of sp³-hybridized carbons (Fsp3) is 0.429. The van der Waals surface area contributed by atoms with Gasteiger partial charge in [-0.05, 0) is 49.8 Å². The molecule has 7 nitrogen and oxygen atoms in total. The van der Waals surface area contributed by atoms with Crippen LogP contribution >= 0.6 is 0 Å². The zero-order valence-corrected chi connectivity index (χ0v) is 22.7. The lowest BCUT2D eigenvalue weighted by Gasteiger charge is -2.21. The van der Waals surface area contributed by atoms with E-state index < -0.39 is 33.9 Å². The van der Waals surface area contributed by atoms with Gasteiger partial charge in [-0.2, -0.15) is 0 Å². The average Bonchev–Trinajstić information content (AvgIpc) is 2.81. The van der Waals surface area contributed by atoms with Crippen molar-refractivity contribution in [2.24, 2.45) is 11.8 Å². The van der Waals surface area contributed by atoms with Crippen LogP contribution in [0.5, 0.6) is 0 Å². The summed E-state index contributed by atoms with van der Waals surface area (Å²) in [7, 11) is -2.53. The number of rotatable bonds is 12. The number of methoxy groups -OCH3 is 1. The third kappa shape index (κ3) is 8.60. The summed E-state index contributed by atoms with van der Waals surface area (Å²) in [5.41, 5.74) is 3.22. The molecule has 1 N–H and O–H groups in total. The minimum absolute atomic E-state index is 0.0246. The van der Waals surface area contributed by atoms with E-state index in [9.17, 15) is 18.0 Å². The van der Waals surface area contributed by atoms with E-state index in [1.165, 1.54) is 7.11 Å². The first-order valence-corrected chi connectivity index (χ1v) is 13.5. The Morgan fingerprint density at radius 2 is 1.61 bits per heavy atom. The van der Waals surface area contributed by atoms with Crippen molar-refractivity contribution in [3.8, 4) is 0 Å². The number of hydrogen-bond donors (Lipinski definition) is 1. The molecule has 0 aliphatic rings. The molecule has 0 aliphatic carbocycles. The van der Waals surface area contributed by atoms with E-state index in [2.05, 4.69) is 4.72 Å². The highest BCUT2D eigenvalue weighted by Gasteiger charge is 2.25. The summed E-state index contributed by atoms with van der Waals surface area (Å²) in [5.74, 6) is -1.73. The Morgan fingerprint density at radius 3 is 2.17 bits per heavy atom. The highest BCUT2D eigenvalue weighted by Crippen LogP contribution is 2.23. The van der Waals surface area contributed by atoms with E-state index in [0.29, 0.717) is 11.1 Å². The molecule has 0 unspecified atom stereocenters. The summed E-state index contributed by atoms with van der Waals surface area (Å²) in [6.07, 6.45) is 3.48. The molecule has 0 aromatic heterocycles. The van der Waals surface area contributed by atoms with E-state index in [4.69, 9.17) is 9.47 Å². The minimum Gasteiger partial charge on any atom is -0.469 e. The number of sulfonamides is 1. The van der Waals surface area contributed by atoms with Crippen LogP contribution in [0.25, 0.3) is 0 Å². The van der Waals surface area contributed by atoms with Crippen LogP contribution in [0.3, 0.4) is 0 Å². The van der Waals surface area contributed by atoms with Crippen molar-refractivity contribution in [1.82, 2.24) is 4.72 Å². The Hall–Kier alpha value is -2.97. The zero-order chi connectivity index (χ0) is 26.9. The Morgan fingerprint density at radius 1 is 1.00 bits per heavy atom. The van der Waals surface area contributed by atoms with E-state index in [1.54, 1.807) is 26.0 Å². The normalized spacial score (nSPS) is 13.5. The molecule has 0 spiro atoms. The predicted octanol–water partition coefficient (Wildman–Crippen LogP) is 4.78. The molecular weight excluding hydrogens is 478 g/mol. The molecule has 2 aromatic carbocycles. The highest BCUT2D eigenvalue weighted by atomic mass is 32.2. The molecule has 0 aliphatic heterocycles. The predicted molar refractivity (Wildman–Crippen MR) is 140 cm³/mol. The molecule has 0 saturated carbocycles. The van der Waals surface area contributed by atoms with Crippen molar-refractivity contribution in [2.75, 3.05) is 7.11 Å². The molecule has 0 radical (unpaired) electrons. The Kier molecular flexibility index (Phi) is 10.9. The van der Waals surface area contributed by atoms with Gasteiger partial charge in [0, 0.05) is 12.5 Å². The lowest BCUT2D eigenvalue weighted by Crippen LogP contribution is -2.38. The van der Waals surface area contributed by atoms with Crippen molar-refractivity contribution in [3.63, 3.8) is 0 Å². The van der Waals surface area contributed by atoms with Gasteiger partial charge in [0.05, 0.1) is 17.9 Å². The third-order valence-electron chi connectivity index (χ3n) is 5.84. The molecule has 2 rings (SSSR count). The number of carbonyl (C=O) groups is 2. The SMILES string of the molecule is COC(=O)[C@@H](/C=C/[C@@H](NS(=O)(=O)c1c(C)cc(C)cc1C)C(C)C)CCC(=O)OCc1ccccc1. The number of nitrogens with one attached hydrogen (secondary N) is 1. The van der Waals surface area contributed by atoms with Crippen LogP contribution in [-0.4, -0.2) is 33.5 Å². The monoisotopic (exact) mass is 515 g/mol. The molecule has 2 aromatic rings. The first kappa shape index (κ1) is 29.3. The summed E-state index contributed by atoms with van der Waals surface area (Å²) in [6.45, 7) is 9.42. The number of aryl methyl sites for hydroxylation is 3. The molecule has 36 heavy (non-hydrogen) atoms. The molecule has 0 amide bonds. The van der Waals surface area contributed by atoms with Crippen LogP contribution in [-0.2, 0) is 35.7 Å². The van der Waals surface area contributed by atoms with Crippen LogP contribution in [0.1, 0.15) is 48.9 Å². The van der Waals surface area contributed by atoms with E-state index >= 15 is 0 Å². The molecule has 0 fully saturated rings. The van der Waals surface area contributed by atoms with Gasteiger partial charge in [0.1, 0.15) is 6.61 Å². The lowest BCUT2D eigenvalue weighted by atomic mass is 9.99. The number of esters is 2. The summed E-state index contributed by atoms with van der Waals surface area (Å²) in [4.78, 5) is 24.8. The van der Waals surface area contributed by atoms with Gasteiger partial charge in [0.25, 0.3) is 0 Å². The highest BCUT2D eigenvalue weighted by molar-refractivity contribution is 7.89. The van der Waals surface area contributed by atoms with Gasteiger partial charge >= 0.3 is 11.9 Å². The van der Waals surface area contributed by atoms with E-state index in [-0.39, 0.29) is 30.3 Å². The second-order valence-corrected chi connectivity index (χ2v) is 11.0. The number of ether oxygens (including phenoxy) is 2. The quantitative estimate of drug-likeness (QED) is 0.323. The first-order valence-electron chi connectivity index (χ1n) is 12.0. The first-order chi connectivity index (χ1) is 16.9. The van der Waals surface area contributed by atoms with Crippen LogP contribution in [0, 0.1) is 32.6 Å². The molecule has 8 heteroatoms. The Labute approximate surface area is 214 Å². The van der Waals surface area contributed by atoms with Crippen molar-refractivity contribution in [3.05, 3.63) is 76.9 Å². The molecule has 0 heterocycles. The second kappa shape index (κ2) is 13.4. The summed E-state index contributed by atoms with van der Waals surface area (Å²) >= 11 is 0. The minimum atomic E-state index is -3.81. The fourth-order valence-corrected chi connectivity index (χ4v) is 5.80. The van der Waals surface area contributed by atoms with Crippen molar-refractivity contribution >= 4 is 22.0 Å². The molecule has 2 atom stereocenters. The van der Waals surface area contributed by atoms with Crippen molar-refractivity contribution < 1.29 is 27.5 Å². The van der Waals surface area contributed by atoms with Crippen LogP contribution in [0.2, 0.25) is 0 Å². The number of hydrogen-bond acceptors (Lipinski definition) is 6. The van der Waals surface area contributed by atoms with Crippen molar-refractivity contribution in [2.45, 2.75) is 65.0 Å². The maximum absolute atomic E-state index is 13.2. The summed E-state index contributed by atoms with van der Waals surface area (Å²) in [5, 5.41) is 0. The molecular formula is C28H37NO6S. The fourth-order valence-electron chi connectivity index (χ4n) is 4.01. The number of benzene rings is 2. The maximum atomic E-state index is 13.2. The van der Waals surface area contributed by atoms with Crippen LogP contribution in [0.4, 0.5) is 0 Å². The summed E-state index contributed by atoms with van der Waals surface area (Å²) in [6, 6.07) is 12.4. The van der Waals surface area contributed by atoms with Gasteiger partial charge in [0.15, 0.2) is 0 Å². The topological polar surface area (TPSA) is 98.8 Å².